The zero-order chi connectivity index (χ0) is 18.5. The van der Waals surface area contributed by atoms with Gasteiger partial charge in [0.1, 0.15) is 0 Å². The van der Waals surface area contributed by atoms with E-state index in [0.717, 1.165) is 39.1 Å². The van der Waals surface area contributed by atoms with Crippen molar-refractivity contribution < 1.29 is 0 Å². The summed E-state index contributed by atoms with van der Waals surface area (Å²) < 4.78 is 5.56. The van der Waals surface area contributed by atoms with Crippen LogP contribution in [-0.4, -0.2) is 54.7 Å². The molecule has 0 bridgehead atoms. The quantitative estimate of drug-likeness (QED) is 0.309. The van der Waals surface area contributed by atoms with Gasteiger partial charge in [0.05, 0.1) is 0 Å². The Balaban J connectivity index is 1.59. The van der Waals surface area contributed by atoms with Gasteiger partial charge < -0.3 is 0 Å². The van der Waals surface area contributed by atoms with Crippen LogP contribution in [0.15, 0.2) is 43.0 Å². The third kappa shape index (κ3) is 3.89. The van der Waals surface area contributed by atoms with Gasteiger partial charge >= 0.3 is 163 Å². The van der Waals surface area contributed by atoms with Gasteiger partial charge in [-0.15, -0.1) is 0 Å². The molecule has 138 valence electrons. The predicted molar refractivity (Wildman–Crippen MR) is 104 cm³/mol. The maximum absolute atomic E-state index is 4.58. The molecule has 0 saturated carbocycles. The van der Waals surface area contributed by atoms with Gasteiger partial charge in [-0.1, -0.05) is 0 Å². The van der Waals surface area contributed by atoms with Crippen molar-refractivity contribution in [2.24, 2.45) is 0 Å². The number of para-hydroxylation sites is 1. The van der Waals surface area contributed by atoms with E-state index in [1.807, 2.05) is 36.7 Å². The van der Waals surface area contributed by atoms with E-state index in [9.17, 15) is 0 Å². The molecule has 4 aromatic rings. The summed E-state index contributed by atoms with van der Waals surface area (Å²) in [5.74, 6) is 0. The van der Waals surface area contributed by atoms with Crippen molar-refractivity contribution in [3.05, 3.63) is 43.0 Å². The fourth-order valence-corrected chi connectivity index (χ4v) is 4.59. The Morgan fingerprint density at radius 1 is 1.00 bits per heavy atom. The summed E-state index contributed by atoms with van der Waals surface area (Å²) in [7, 11) is 0. The first kappa shape index (κ1) is 17.8. The number of tetrazole rings is 1. The van der Waals surface area contributed by atoms with Crippen LogP contribution in [0.1, 0.15) is 32.6 Å². The Morgan fingerprint density at radius 2 is 1.89 bits per heavy atom. The number of fused-ring (bicyclic) bond motifs is 1. The first-order chi connectivity index (χ1) is 13.4. The van der Waals surface area contributed by atoms with Crippen molar-refractivity contribution in [3.63, 3.8) is 0 Å². The van der Waals surface area contributed by atoms with Crippen LogP contribution in [0.5, 0.6) is 0 Å². The van der Waals surface area contributed by atoms with Gasteiger partial charge in [0.25, 0.3) is 0 Å². The molecule has 0 spiro atoms. The molecule has 0 amide bonds. The minimum atomic E-state index is -0.179. The number of aromatic nitrogens is 8. The Hall–Kier alpha value is -2.64. The van der Waals surface area contributed by atoms with Crippen LogP contribution < -0.4 is 9.32 Å². The second kappa shape index (κ2) is 8.37. The van der Waals surface area contributed by atoms with Crippen molar-refractivity contribution in [3.8, 4) is 5.69 Å². The molecule has 4 rings (SSSR count). The summed E-state index contributed by atoms with van der Waals surface area (Å²) >= 11 is -0.179. The molecule has 9 heteroatoms. The van der Waals surface area contributed by atoms with Crippen molar-refractivity contribution in [2.75, 3.05) is 0 Å². The summed E-state index contributed by atoms with van der Waals surface area (Å²) in [6.45, 7) is 3.15. The fourth-order valence-electron chi connectivity index (χ4n) is 2.87. The minimum absolute atomic E-state index is 0.179. The van der Waals surface area contributed by atoms with E-state index in [4.69, 9.17) is 0 Å². The summed E-state index contributed by atoms with van der Waals surface area (Å²) in [5, 5.41) is 12.2. The van der Waals surface area contributed by atoms with Crippen LogP contribution >= 0.6 is 0 Å². The number of hydrogen-bond donors (Lipinski definition) is 0. The molecule has 8 nitrogen and oxygen atoms in total. The Kier molecular flexibility index (Phi) is 5.50. The normalized spacial score (nSPS) is 11.3. The number of unbranched alkanes of at least 4 members (excludes halogenated alkanes) is 3. The van der Waals surface area contributed by atoms with Crippen molar-refractivity contribution >= 4 is 35.4 Å². The molecule has 3 heterocycles. The molecule has 0 aliphatic rings. The molecule has 0 aliphatic heterocycles. The topological polar surface area (TPSA) is 87.2 Å². The molecule has 3 aromatic heterocycles. The zero-order valence-corrected chi connectivity index (χ0v) is 16.8. The van der Waals surface area contributed by atoms with E-state index in [-0.39, 0.29) is 15.0 Å². The predicted octanol–water partition coefficient (Wildman–Crippen LogP) is 1.04. The third-order valence-electron chi connectivity index (χ3n) is 4.25. The molecule has 0 atom stereocenters. The van der Waals surface area contributed by atoms with Crippen LogP contribution in [0.25, 0.3) is 16.9 Å². The average Bonchev–Trinajstić information content (AvgIpc) is 3.34. The van der Waals surface area contributed by atoms with E-state index >= 15 is 0 Å². The van der Waals surface area contributed by atoms with Crippen LogP contribution in [0, 0.1) is 0 Å². The number of benzene rings is 1. The molecule has 0 radical (unpaired) electrons. The number of aryl methyl sites for hydroxylation is 1. The number of rotatable bonds is 8. The van der Waals surface area contributed by atoms with Crippen LogP contribution in [0.4, 0.5) is 0 Å². The van der Waals surface area contributed by atoms with Gasteiger partial charge in [0, 0.05) is 0 Å². The van der Waals surface area contributed by atoms with E-state index in [1.165, 1.54) is 19.3 Å². The average molecular weight is 427 g/mol. The summed E-state index contributed by atoms with van der Waals surface area (Å²) in [6.07, 6.45) is 8.33. The Labute approximate surface area is 163 Å². The molecule has 0 N–H and O–H groups in total. The first-order valence-corrected chi connectivity index (χ1v) is 10.8. The van der Waals surface area contributed by atoms with E-state index < -0.39 is 0 Å². The number of hydrogen-bond acceptors (Lipinski definition) is 6. The maximum atomic E-state index is 4.58. The molecule has 0 fully saturated rings. The zero-order valence-electron chi connectivity index (χ0n) is 15.1. The van der Waals surface area contributed by atoms with Gasteiger partial charge in [-0.3, -0.25) is 0 Å². The Morgan fingerprint density at radius 3 is 2.74 bits per heavy atom. The summed E-state index contributed by atoms with van der Waals surface area (Å²) in [5.41, 5.74) is 2.67. The fraction of sp³-hybridized carbons (Fsp3) is 0.333. The second-order valence-corrected chi connectivity index (χ2v) is 8.17. The van der Waals surface area contributed by atoms with E-state index in [0.29, 0.717) is 0 Å². The van der Waals surface area contributed by atoms with Gasteiger partial charge in [0.15, 0.2) is 0 Å². The van der Waals surface area contributed by atoms with Crippen molar-refractivity contribution in [1.82, 2.24) is 39.7 Å². The van der Waals surface area contributed by atoms with E-state index in [1.54, 1.807) is 11.0 Å². The summed E-state index contributed by atoms with van der Waals surface area (Å²) in [6, 6.07) is 9.88. The molecular formula is C18H20N8Se. The molecular weight excluding hydrogens is 407 g/mol. The van der Waals surface area contributed by atoms with Crippen molar-refractivity contribution in [2.45, 2.75) is 39.2 Å². The van der Waals surface area contributed by atoms with E-state index in [2.05, 4.69) is 42.0 Å². The standard InChI is InChI=1S/C18H20N8Se/c1-2-3-4-8-11-25-13-21-15-16(25)19-12-20-17(15)27-18-22-23-24-26(18)14-9-6-5-7-10-14/h5-7,9-10,12-13H,2-4,8,11H2,1H3. The number of imidazole rings is 1. The van der Waals surface area contributed by atoms with Crippen LogP contribution in [0.3, 0.4) is 0 Å². The monoisotopic (exact) mass is 428 g/mol. The van der Waals surface area contributed by atoms with Gasteiger partial charge in [-0.25, -0.2) is 0 Å². The van der Waals surface area contributed by atoms with Crippen molar-refractivity contribution in [1.29, 1.82) is 0 Å². The molecule has 0 unspecified atom stereocenters. The second-order valence-electron chi connectivity index (χ2n) is 6.16. The molecule has 1 aromatic carbocycles. The first-order valence-electron chi connectivity index (χ1n) is 9.04. The van der Waals surface area contributed by atoms with Crippen LogP contribution in [0.2, 0.25) is 0 Å². The number of nitrogens with zero attached hydrogens (tertiary/aromatic N) is 8. The molecule has 0 saturated heterocycles. The molecule has 0 aliphatic carbocycles. The Bertz CT molecular complexity index is 1010. The third-order valence-corrected chi connectivity index (χ3v) is 6.20. The van der Waals surface area contributed by atoms with Gasteiger partial charge in [-0.05, 0) is 0 Å². The van der Waals surface area contributed by atoms with Crippen LogP contribution in [-0.2, 0) is 6.54 Å². The SMILES string of the molecule is CCCCCCn1cnc2c([Se]c3nnnn3-c3ccccc3)ncnc21. The molecule has 27 heavy (non-hydrogen) atoms. The van der Waals surface area contributed by atoms with Gasteiger partial charge in [-0.2, -0.15) is 0 Å². The summed E-state index contributed by atoms with van der Waals surface area (Å²) in [4.78, 5) is 13.5. The van der Waals surface area contributed by atoms with Gasteiger partial charge in [0.2, 0.25) is 0 Å².